The largest absolute Gasteiger partial charge is 0.486 e. The number of ether oxygens (including phenoxy) is 4. The second-order valence-electron chi connectivity index (χ2n) is 6.71. The Morgan fingerprint density at radius 3 is 2.25 bits per heavy atom. The van der Waals surface area contributed by atoms with Crippen LogP contribution in [0.25, 0.3) is 11.3 Å². The minimum Gasteiger partial charge on any atom is -0.486 e. The van der Waals surface area contributed by atoms with Gasteiger partial charge in [0, 0.05) is 24.2 Å². The minimum atomic E-state index is 0.573. The molecule has 0 unspecified atom stereocenters. The molecular formula is C21H21N3O4. The van der Waals surface area contributed by atoms with E-state index in [-0.39, 0.29) is 0 Å². The third-order valence-electron chi connectivity index (χ3n) is 4.80. The molecule has 0 saturated heterocycles. The standard InChI is InChI=1S/C21H21N3O4/c1-3-17-19(27-7-5-25-17)9-14(1)11-22-12-16-13-23-24-21(16)15-2-4-18-20(10-15)28-8-6-26-18/h1-4,9-10,13,22H,5-8,11-12H2,(H,23,24). The summed E-state index contributed by atoms with van der Waals surface area (Å²) >= 11 is 0. The Hall–Kier alpha value is -3.19. The van der Waals surface area contributed by atoms with Gasteiger partial charge in [-0.15, -0.1) is 0 Å². The summed E-state index contributed by atoms with van der Waals surface area (Å²) in [7, 11) is 0. The molecule has 0 atom stereocenters. The lowest BCUT2D eigenvalue weighted by molar-refractivity contribution is 0.171. The normalized spacial score (nSPS) is 14.7. The van der Waals surface area contributed by atoms with E-state index in [4.69, 9.17) is 18.9 Å². The average molecular weight is 379 g/mol. The van der Waals surface area contributed by atoms with E-state index in [0.29, 0.717) is 33.0 Å². The number of hydrogen-bond acceptors (Lipinski definition) is 6. The van der Waals surface area contributed by atoms with E-state index in [1.807, 2.05) is 36.5 Å². The molecule has 0 bridgehead atoms. The van der Waals surface area contributed by atoms with Crippen LogP contribution >= 0.6 is 0 Å². The molecule has 7 heteroatoms. The SMILES string of the molecule is c1cc2c(cc1CNCc1cn[nH]c1-c1ccc3c(c1)OCCO3)OCCO2. The first-order valence-electron chi connectivity index (χ1n) is 9.38. The molecule has 2 aliphatic rings. The zero-order chi connectivity index (χ0) is 18.8. The first kappa shape index (κ1) is 16.9. The molecule has 1 aromatic heterocycles. The fourth-order valence-corrected chi connectivity index (χ4v) is 3.43. The lowest BCUT2D eigenvalue weighted by Gasteiger charge is -2.19. The summed E-state index contributed by atoms with van der Waals surface area (Å²) < 4.78 is 22.5. The monoisotopic (exact) mass is 379 g/mol. The van der Waals surface area contributed by atoms with Crippen molar-refractivity contribution in [2.45, 2.75) is 13.1 Å². The number of fused-ring (bicyclic) bond motifs is 2. The summed E-state index contributed by atoms with van der Waals surface area (Å²) in [5.74, 6) is 3.18. The van der Waals surface area contributed by atoms with Crippen molar-refractivity contribution in [3.8, 4) is 34.3 Å². The van der Waals surface area contributed by atoms with Crippen molar-refractivity contribution in [2.24, 2.45) is 0 Å². The third kappa shape index (κ3) is 3.36. The predicted molar refractivity (Wildman–Crippen MR) is 103 cm³/mol. The van der Waals surface area contributed by atoms with Gasteiger partial charge in [0.05, 0.1) is 11.9 Å². The summed E-state index contributed by atoms with van der Waals surface area (Å²) in [5.41, 5.74) is 4.24. The second-order valence-corrected chi connectivity index (χ2v) is 6.71. The van der Waals surface area contributed by atoms with Crippen LogP contribution in [0, 0.1) is 0 Å². The highest BCUT2D eigenvalue weighted by Gasteiger charge is 2.15. The Morgan fingerprint density at radius 1 is 0.786 bits per heavy atom. The van der Waals surface area contributed by atoms with Gasteiger partial charge in [0.25, 0.3) is 0 Å². The molecular weight excluding hydrogens is 358 g/mol. The molecule has 3 aromatic rings. The van der Waals surface area contributed by atoms with Gasteiger partial charge in [0.1, 0.15) is 26.4 Å². The van der Waals surface area contributed by atoms with Crippen LogP contribution in [0.4, 0.5) is 0 Å². The molecule has 144 valence electrons. The molecule has 28 heavy (non-hydrogen) atoms. The number of aromatic nitrogens is 2. The predicted octanol–water partition coefficient (Wildman–Crippen LogP) is 2.91. The van der Waals surface area contributed by atoms with E-state index in [0.717, 1.165) is 51.9 Å². The summed E-state index contributed by atoms with van der Waals surface area (Å²) in [6, 6.07) is 12.0. The summed E-state index contributed by atoms with van der Waals surface area (Å²) in [6.07, 6.45) is 1.85. The highest BCUT2D eigenvalue weighted by atomic mass is 16.6. The van der Waals surface area contributed by atoms with Crippen LogP contribution in [-0.4, -0.2) is 36.6 Å². The highest BCUT2D eigenvalue weighted by Crippen LogP contribution is 2.35. The number of rotatable bonds is 5. The summed E-state index contributed by atoms with van der Waals surface area (Å²) in [5, 5.41) is 10.8. The maximum Gasteiger partial charge on any atom is 0.162 e. The van der Waals surface area contributed by atoms with Gasteiger partial charge in [0.2, 0.25) is 0 Å². The second kappa shape index (κ2) is 7.44. The minimum absolute atomic E-state index is 0.573. The van der Waals surface area contributed by atoms with Gasteiger partial charge in [0.15, 0.2) is 23.0 Å². The first-order valence-corrected chi connectivity index (χ1v) is 9.38. The van der Waals surface area contributed by atoms with Crippen molar-refractivity contribution in [1.29, 1.82) is 0 Å². The van der Waals surface area contributed by atoms with Gasteiger partial charge in [-0.1, -0.05) is 6.07 Å². The Kier molecular flexibility index (Phi) is 4.50. The fourth-order valence-electron chi connectivity index (χ4n) is 3.43. The molecule has 0 aliphatic carbocycles. The van der Waals surface area contributed by atoms with Crippen LogP contribution in [0.15, 0.2) is 42.6 Å². The van der Waals surface area contributed by atoms with Crippen molar-refractivity contribution in [2.75, 3.05) is 26.4 Å². The number of nitrogens with zero attached hydrogens (tertiary/aromatic N) is 1. The van der Waals surface area contributed by atoms with Crippen LogP contribution in [0.5, 0.6) is 23.0 Å². The van der Waals surface area contributed by atoms with Crippen LogP contribution in [-0.2, 0) is 13.1 Å². The summed E-state index contributed by atoms with van der Waals surface area (Å²) in [4.78, 5) is 0. The molecule has 0 fully saturated rings. The van der Waals surface area contributed by atoms with Crippen molar-refractivity contribution < 1.29 is 18.9 Å². The molecule has 0 saturated carbocycles. The van der Waals surface area contributed by atoms with Gasteiger partial charge in [-0.05, 0) is 35.9 Å². The quantitative estimate of drug-likeness (QED) is 0.710. The third-order valence-corrected chi connectivity index (χ3v) is 4.80. The van der Waals surface area contributed by atoms with Crippen LogP contribution in [0.3, 0.4) is 0 Å². The van der Waals surface area contributed by atoms with Gasteiger partial charge in [-0.2, -0.15) is 5.10 Å². The first-order chi connectivity index (χ1) is 13.9. The van der Waals surface area contributed by atoms with Crippen molar-refractivity contribution >= 4 is 0 Å². The lowest BCUT2D eigenvalue weighted by Crippen LogP contribution is -2.17. The Balaban J connectivity index is 1.27. The van der Waals surface area contributed by atoms with E-state index in [9.17, 15) is 0 Å². The molecule has 2 aliphatic heterocycles. The maximum absolute atomic E-state index is 5.69. The van der Waals surface area contributed by atoms with E-state index < -0.39 is 0 Å². The average Bonchev–Trinajstić information content (AvgIpc) is 3.22. The van der Waals surface area contributed by atoms with E-state index in [1.165, 1.54) is 0 Å². The van der Waals surface area contributed by atoms with Crippen molar-refractivity contribution in [1.82, 2.24) is 15.5 Å². The topological polar surface area (TPSA) is 77.6 Å². The highest BCUT2D eigenvalue weighted by molar-refractivity contribution is 5.66. The van der Waals surface area contributed by atoms with Gasteiger partial charge in [-0.25, -0.2) is 0 Å². The number of benzene rings is 2. The molecule has 3 heterocycles. The van der Waals surface area contributed by atoms with Gasteiger partial charge >= 0.3 is 0 Å². The molecule has 0 spiro atoms. The lowest BCUT2D eigenvalue weighted by atomic mass is 10.1. The number of aromatic amines is 1. The van der Waals surface area contributed by atoms with Crippen molar-refractivity contribution in [3.05, 3.63) is 53.7 Å². The molecule has 5 rings (SSSR count). The van der Waals surface area contributed by atoms with Crippen LogP contribution in [0.2, 0.25) is 0 Å². The van der Waals surface area contributed by atoms with E-state index in [1.54, 1.807) is 0 Å². The molecule has 7 nitrogen and oxygen atoms in total. The van der Waals surface area contributed by atoms with Crippen LogP contribution < -0.4 is 24.3 Å². The smallest absolute Gasteiger partial charge is 0.162 e. The summed E-state index contributed by atoms with van der Waals surface area (Å²) in [6.45, 7) is 3.78. The fraction of sp³-hybridized carbons (Fsp3) is 0.286. The van der Waals surface area contributed by atoms with Crippen molar-refractivity contribution in [3.63, 3.8) is 0 Å². The number of nitrogens with one attached hydrogen (secondary N) is 2. The van der Waals surface area contributed by atoms with E-state index >= 15 is 0 Å². The van der Waals surface area contributed by atoms with Gasteiger partial charge in [-0.3, -0.25) is 5.10 Å². The zero-order valence-corrected chi connectivity index (χ0v) is 15.4. The number of hydrogen-bond donors (Lipinski definition) is 2. The molecule has 2 N–H and O–H groups in total. The molecule has 0 radical (unpaired) electrons. The van der Waals surface area contributed by atoms with Gasteiger partial charge < -0.3 is 24.3 Å². The van der Waals surface area contributed by atoms with Crippen LogP contribution in [0.1, 0.15) is 11.1 Å². The van der Waals surface area contributed by atoms with E-state index in [2.05, 4.69) is 21.6 Å². The molecule has 0 amide bonds. The molecule has 2 aromatic carbocycles. The number of H-pyrrole nitrogens is 1. The maximum atomic E-state index is 5.69. The Labute approximate surface area is 162 Å². The zero-order valence-electron chi connectivity index (χ0n) is 15.4. The Bertz CT molecular complexity index is 986. The Morgan fingerprint density at radius 2 is 1.46 bits per heavy atom.